The summed E-state index contributed by atoms with van der Waals surface area (Å²) in [4.78, 5) is 22.6. The van der Waals surface area contributed by atoms with Gasteiger partial charge in [-0.25, -0.2) is 4.98 Å². The molecule has 1 aliphatic heterocycles. The van der Waals surface area contributed by atoms with Crippen molar-refractivity contribution in [3.63, 3.8) is 0 Å². The third-order valence-electron chi connectivity index (χ3n) is 3.59. The minimum absolute atomic E-state index is 0.161. The van der Waals surface area contributed by atoms with Crippen LogP contribution in [0.25, 0.3) is 21.5 Å². The molecular weight excluding hydrogens is 362 g/mol. The first-order valence-electron chi connectivity index (χ1n) is 7.35. The number of thiophene rings is 1. The molecule has 4 rings (SSSR count). The van der Waals surface area contributed by atoms with E-state index in [9.17, 15) is 4.79 Å². The highest BCUT2D eigenvalue weighted by Gasteiger charge is 2.17. The number of aromatic nitrogens is 1. The number of hydrogen-bond donors (Lipinski definition) is 1. The fourth-order valence-corrected chi connectivity index (χ4v) is 4.24. The summed E-state index contributed by atoms with van der Waals surface area (Å²) in [5.74, 6) is 0.747. The number of pyridine rings is 1. The van der Waals surface area contributed by atoms with Gasteiger partial charge in [-0.3, -0.25) is 9.79 Å². The minimum Gasteiger partial charge on any atom is -0.301 e. The lowest BCUT2D eigenvalue weighted by atomic mass is 10.1. The fourth-order valence-electron chi connectivity index (χ4n) is 2.52. The van der Waals surface area contributed by atoms with E-state index in [-0.39, 0.29) is 5.91 Å². The maximum atomic E-state index is 12.7. The molecule has 120 valence electrons. The van der Waals surface area contributed by atoms with Gasteiger partial charge in [0.05, 0.1) is 32.5 Å². The quantitative estimate of drug-likeness (QED) is 0.722. The van der Waals surface area contributed by atoms with E-state index in [0.717, 1.165) is 33.8 Å². The monoisotopic (exact) mass is 373 g/mol. The molecule has 0 aliphatic carbocycles. The number of halogens is 1. The second kappa shape index (κ2) is 6.55. The van der Waals surface area contributed by atoms with Gasteiger partial charge in [0.1, 0.15) is 0 Å². The van der Waals surface area contributed by atoms with Gasteiger partial charge >= 0.3 is 0 Å². The molecular formula is C17H12ClN3OS2. The first-order valence-corrected chi connectivity index (χ1v) is 9.53. The molecule has 1 aliphatic rings. The van der Waals surface area contributed by atoms with Gasteiger partial charge in [-0.05, 0) is 24.3 Å². The number of amides is 1. The van der Waals surface area contributed by atoms with Crippen molar-refractivity contribution >= 4 is 56.7 Å². The molecule has 1 aromatic carbocycles. The van der Waals surface area contributed by atoms with Crippen LogP contribution in [0.1, 0.15) is 10.4 Å². The van der Waals surface area contributed by atoms with Crippen LogP contribution in [0.5, 0.6) is 0 Å². The second-order valence-electron chi connectivity index (χ2n) is 5.17. The number of nitrogens with zero attached hydrogens (tertiary/aromatic N) is 2. The number of carbonyl (C=O) groups is 1. The van der Waals surface area contributed by atoms with Crippen molar-refractivity contribution in [2.45, 2.75) is 0 Å². The van der Waals surface area contributed by atoms with Gasteiger partial charge < -0.3 is 5.32 Å². The van der Waals surface area contributed by atoms with E-state index >= 15 is 0 Å². The minimum atomic E-state index is -0.161. The van der Waals surface area contributed by atoms with Crippen LogP contribution in [-0.2, 0) is 0 Å². The molecule has 0 radical (unpaired) electrons. The van der Waals surface area contributed by atoms with Gasteiger partial charge in [0.15, 0.2) is 5.17 Å². The maximum Gasteiger partial charge on any atom is 0.257 e. The highest BCUT2D eigenvalue weighted by atomic mass is 35.5. The SMILES string of the molecule is O=C(NC1=NCCS1)c1cc(-c2ccc(Cl)s2)nc2ccccc12. The molecule has 0 saturated carbocycles. The summed E-state index contributed by atoms with van der Waals surface area (Å²) in [7, 11) is 0. The smallest absolute Gasteiger partial charge is 0.257 e. The Labute approximate surface area is 152 Å². The molecule has 0 saturated heterocycles. The Morgan fingerprint density at radius 1 is 1.21 bits per heavy atom. The average Bonchev–Trinajstić information content (AvgIpc) is 3.25. The largest absolute Gasteiger partial charge is 0.301 e. The van der Waals surface area contributed by atoms with Gasteiger partial charge in [0.2, 0.25) is 0 Å². The number of nitrogens with one attached hydrogen (secondary N) is 1. The lowest BCUT2D eigenvalue weighted by Gasteiger charge is -2.09. The Morgan fingerprint density at radius 2 is 2.08 bits per heavy atom. The number of fused-ring (bicyclic) bond motifs is 1. The molecule has 1 N–H and O–H groups in total. The van der Waals surface area contributed by atoms with Crippen LogP contribution in [0.4, 0.5) is 0 Å². The van der Waals surface area contributed by atoms with Crippen molar-refractivity contribution in [1.29, 1.82) is 0 Å². The van der Waals surface area contributed by atoms with E-state index in [2.05, 4.69) is 15.3 Å². The highest BCUT2D eigenvalue weighted by Crippen LogP contribution is 2.32. The number of amidine groups is 1. The Hall–Kier alpha value is -1.89. The van der Waals surface area contributed by atoms with Crippen molar-refractivity contribution in [1.82, 2.24) is 10.3 Å². The molecule has 1 amide bonds. The van der Waals surface area contributed by atoms with Gasteiger partial charge in [0.25, 0.3) is 5.91 Å². The summed E-state index contributed by atoms with van der Waals surface area (Å²) in [6.45, 7) is 0.746. The lowest BCUT2D eigenvalue weighted by molar-refractivity contribution is 0.0979. The Balaban J connectivity index is 1.81. The fraction of sp³-hybridized carbons (Fsp3) is 0.118. The highest BCUT2D eigenvalue weighted by molar-refractivity contribution is 8.14. The zero-order chi connectivity index (χ0) is 16.5. The number of hydrogen-bond acceptors (Lipinski definition) is 5. The van der Waals surface area contributed by atoms with E-state index < -0.39 is 0 Å². The molecule has 24 heavy (non-hydrogen) atoms. The Morgan fingerprint density at radius 3 is 2.83 bits per heavy atom. The van der Waals surface area contributed by atoms with E-state index in [4.69, 9.17) is 11.6 Å². The van der Waals surface area contributed by atoms with Crippen molar-refractivity contribution in [3.8, 4) is 10.6 Å². The first-order chi connectivity index (χ1) is 11.7. The third kappa shape index (κ3) is 3.05. The Bertz CT molecular complexity index is 967. The predicted molar refractivity (Wildman–Crippen MR) is 102 cm³/mol. The molecule has 0 spiro atoms. The number of carbonyl (C=O) groups excluding carboxylic acids is 1. The van der Waals surface area contributed by atoms with E-state index in [1.807, 2.05) is 42.5 Å². The molecule has 7 heteroatoms. The summed E-state index contributed by atoms with van der Waals surface area (Å²) in [5.41, 5.74) is 2.12. The first kappa shape index (κ1) is 15.6. The number of benzene rings is 1. The zero-order valence-corrected chi connectivity index (χ0v) is 14.8. The van der Waals surface area contributed by atoms with Gasteiger partial charge in [-0.1, -0.05) is 41.6 Å². The summed E-state index contributed by atoms with van der Waals surface area (Å²) in [5, 5.41) is 4.40. The van der Waals surface area contributed by atoms with E-state index in [0.29, 0.717) is 15.1 Å². The number of rotatable bonds is 2. The molecule has 3 aromatic rings. The van der Waals surface area contributed by atoms with Crippen molar-refractivity contribution in [2.75, 3.05) is 12.3 Å². The molecule has 0 unspecified atom stereocenters. The van der Waals surface area contributed by atoms with Gasteiger partial charge in [-0.2, -0.15) is 0 Å². The average molecular weight is 374 g/mol. The summed E-state index contributed by atoms with van der Waals surface area (Å²) in [6.07, 6.45) is 0. The standard InChI is InChI=1S/C17H12ClN3OS2/c18-15-6-5-14(24-15)13-9-11(10-3-1-2-4-12(10)20-13)16(22)21-17-19-7-8-23-17/h1-6,9H,7-8H2,(H,19,21,22). The molecule has 3 heterocycles. The van der Waals surface area contributed by atoms with Crippen LogP contribution in [0.3, 0.4) is 0 Å². The lowest BCUT2D eigenvalue weighted by Crippen LogP contribution is -2.27. The van der Waals surface area contributed by atoms with Crippen molar-refractivity contribution < 1.29 is 4.79 Å². The predicted octanol–water partition coefficient (Wildman–Crippen LogP) is 4.45. The van der Waals surface area contributed by atoms with Crippen LogP contribution in [0, 0.1) is 0 Å². The molecule has 0 fully saturated rings. The molecule has 2 aromatic heterocycles. The van der Waals surface area contributed by atoms with Crippen LogP contribution < -0.4 is 5.32 Å². The van der Waals surface area contributed by atoms with E-state index in [1.165, 1.54) is 11.3 Å². The topological polar surface area (TPSA) is 54.4 Å². The summed E-state index contributed by atoms with van der Waals surface area (Å²) < 4.78 is 0.697. The third-order valence-corrected chi connectivity index (χ3v) is 5.74. The van der Waals surface area contributed by atoms with Gasteiger partial charge in [0, 0.05) is 11.1 Å². The summed E-state index contributed by atoms with van der Waals surface area (Å²) >= 11 is 9.05. The van der Waals surface area contributed by atoms with Crippen LogP contribution in [0.2, 0.25) is 4.34 Å². The summed E-state index contributed by atoms with van der Waals surface area (Å²) in [6, 6.07) is 13.2. The zero-order valence-electron chi connectivity index (χ0n) is 12.5. The normalized spacial score (nSPS) is 14.0. The Kier molecular flexibility index (Phi) is 4.26. The number of para-hydroxylation sites is 1. The van der Waals surface area contributed by atoms with Crippen molar-refractivity contribution in [3.05, 3.63) is 52.4 Å². The molecule has 0 atom stereocenters. The van der Waals surface area contributed by atoms with Crippen LogP contribution in [-0.4, -0.2) is 28.4 Å². The van der Waals surface area contributed by atoms with E-state index in [1.54, 1.807) is 11.8 Å². The van der Waals surface area contributed by atoms with Crippen LogP contribution >= 0.6 is 34.7 Å². The number of thioether (sulfide) groups is 1. The number of aliphatic imine (C=N–C) groups is 1. The van der Waals surface area contributed by atoms with Crippen LogP contribution in [0.15, 0.2) is 47.5 Å². The van der Waals surface area contributed by atoms with Gasteiger partial charge in [-0.15, -0.1) is 11.3 Å². The molecule has 4 nitrogen and oxygen atoms in total. The maximum absolute atomic E-state index is 12.7. The molecule has 0 bridgehead atoms. The second-order valence-corrected chi connectivity index (χ2v) is 7.96. The van der Waals surface area contributed by atoms with Crippen molar-refractivity contribution in [2.24, 2.45) is 4.99 Å².